The topological polar surface area (TPSA) is 185 Å². The molecule has 11 nitrogen and oxygen atoms in total. The van der Waals surface area contributed by atoms with E-state index in [0.29, 0.717) is 22.9 Å². The number of nitrogens with two attached hydrogens (primary N) is 1. The zero-order valence-corrected chi connectivity index (χ0v) is 19.7. The van der Waals surface area contributed by atoms with Gasteiger partial charge in [-0.15, -0.1) is 0 Å². The molecule has 0 bridgehead atoms. The molecule has 0 unspecified atom stereocenters. The van der Waals surface area contributed by atoms with Crippen molar-refractivity contribution in [3.05, 3.63) is 72.1 Å². The van der Waals surface area contributed by atoms with Gasteiger partial charge in [-0.25, -0.2) is 4.79 Å². The second kappa shape index (κ2) is 11.4. The molecule has 0 saturated heterocycles. The molecule has 192 valence electrons. The van der Waals surface area contributed by atoms with Crippen LogP contribution in [-0.4, -0.2) is 49.6 Å². The molecule has 2 aromatic heterocycles. The van der Waals surface area contributed by atoms with Crippen LogP contribution >= 0.6 is 0 Å². The summed E-state index contributed by atoms with van der Waals surface area (Å²) in [5, 5.41) is 37.7. The molecule has 2 saturated carbocycles. The van der Waals surface area contributed by atoms with Gasteiger partial charge in [0.05, 0.1) is 11.1 Å². The summed E-state index contributed by atoms with van der Waals surface area (Å²) in [5.74, 6) is -0.670. The van der Waals surface area contributed by atoms with Crippen molar-refractivity contribution in [2.45, 2.75) is 37.8 Å². The van der Waals surface area contributed by atoms with Crippen LogP contribution in [0.3, 0.4) is 0 Å². The first-order valence-corrected chi connectivity index (χ1v) is 11.6. The van der Waals surface area contributed by atoms with E-state index in [4.69, 9.17) is 19.9 Å². The highest BCUT2D eigenvalue weighted by molar-refractivity contribution is 5.93. The lowest BCUT2D eigenvalue weighted by Gasteiger charge is -1.98. The molecule has 1 amide bonds. The standard InChI is InChI=1S/C13H12N2O3.C10H7NO4.C3H7N/c16-11-4-2-1-3-9(11)12-7-10(15-18-12)13(17)14-8-5-6-8;12-8-4-2-1-3-6(8)9-5-7(10(13)14)11-15-9;4-3-1-2-3/h1-4,7-8,16H,5-6H2,(H,14,17);1-5,12H,(H,13,14);3H,1-2,4H2. The number of phenolic OH excluding ortho intramolecular Hbond substituents is 2. The van der Waals surface area contributed by atoms with Gasteiger partial charge in [-0.2, -0.15) is 0 Å². The zero-order chi connectivity index (χ0) is 26.4. The maximum absolute atomic E-state index is 11.7. The van der Waals surface area contributed by atoms with Crippen molar-refractivity contribution < 1.29 is 34.0 Å². The van der Waals surface area contributed by atoms with Crippen LogP contribution in [0.5, 0.6) is 11.5 Å². The molecular weight excluding hydrogens is 480 g/mol. The number of carboxylic acids is 1. The fraction of sp³-hybridized carbons (Fsp3) is 0.231. The number of carboxylic acid groups (broad SMARTS) is 1. The molecule has 2 aliphatic rings. The smallest absolute Gasteiger partial charge is 0.358 e. The molecule has 2 heterocycles. The normalized spacial score (nSPS) is 14.0. The average molecular weight is 507 g/mol. The van der Waals surface area contributed by atoms with Crippen molar-refractivity contribution in [1.82, 2.24) is 15.6 Å². The number of benzene rings is 2. The largest absolute Gasteiger partial charge is 0.507 e. The van der Waals surface area contributed by atoms with Crippen LogP contribution in [0.2, 0.25) is 0 Å². The quantitative estimate of drug-likeness (QED) is 0.267. The SMILES string of the molecule is NC1CC1.O=C(NC1CC1)c1cc(-c2ccccc2O)on1.O=C(O)c1cc(-c2ccccc2O)on1. The van der Waals surface area contributed by atoms with Gasteiger partial charge < -0.3 is 35.4 Å². The second-order valence-corrected chi connectivity index (χ2v) is 8.58. The molecule has 0 spiro atoms. The lowest BCUT2D eigenvalue weighted by molar-refractivity contribution is 0.0685. The Morgan fingerprint density at radius 1 is 0.811 bits per heavy atom. The lowest BCUT2D eigenvalue weighted by Crippen LogP contribution is -2.25. The number of amides is 1. The Bertz CT molecular complexity index is 1370. The van der Waals surface area contributed by atoms with Crippen LogP contribution in [0, 0.1) is 0 Å². The van der Waals surface area contributed by atoms with E-state index in [2.05, 4.69) is 15.6 Å². The minimum atomic E-state index is -1.17. The highest BCUT2D eigenvalue weighted by Gasteiger charge is 2.25. The number of aromatic nitrogens is 2. The number of rotatable bonds is 5. The highest BCUT2D eigenvalue weighted by Crippen LogP contribution is 2.30. The minimum Gasteiger partial charge on any atom is -0.507 e. The number of nitrogens with zero attached hydrogens (tertiary/aromatic N) is 2. The Kier molecular flexibility index (Phi) is 7.84. The summed E-state index contributed by atoms with van der Waals surface area (Å²) in [7, 11) is 0. The van der Waals surface area contributed by atoms with Crippen molar-refractivity contribution in [3.8, 4) is 34.1 Å². The molecule has 2 aliphatic carbocycles. The molecule has 6 N–H and O–H groups in total. The van der Waals surface area contributed by atoms with E-state index in [0.717, 1.165) is 12.8 Å². The van der Waals surface area contributed by atoms with Crippen LogP contribution in [0.4, 0.5) is 0 Å². The third kappa shape index (κ3) is 7.18. The second-order valence-electron chi connectivity index (χ2n) is 8.58. The highest BCUT2D eigenvalue weighted by atomic mass is 16.5. The van der Waals surface area contributed by atoms with Gasteiger partial charge in [-0.1, -0.05) is 34.6 Å². The number of hydrogen-bond donors (Lipinski definition) is 5. The summed E-state index contributed by atoms with van der Waals surface area (Å²) < 4.78 is 9.89. The fourth-order valence-electron chi connectivity index (χ4n) is 2.96. The first kappa shape index (κ1) is 25.5. The molecule has 11 heteroatoms. The van der Waals surface area contributed by atoms with Gasteiger partial charge in [0.25, 0.3) is 5.91 Å². The third-order valence-corrected chi connectivity index (χ3v) is 5.35. The molecular formula is C26H26N4O7. The zero-order valence-electron chi connectivity index (χ0n) is 19.7. The summed E-state index contributed by atoms with van der Waals surface area (Å²) in [6.07, 6.45) is 4.58. The number of carbonyl (C=O) groups is 2. The summed E-state index contributed by atoms with van der Waals surface area (Å²) in [4.78, 5) is 22.3. The van der Waals surface area contributed by atoms with Gasteiger partial charge in [0.1, 0.15) is 11.5 Å². The minimum absolute atomic E-state index is 0.0191. The van der Waals surface area contributed by atoms with Gasteiger partial charge in [-0.3, -0.25) is 4.79 Å². The molecule has 2 fully saturated rings. The number of para-hydroxylation sites is 2. The predicted molar refractivity (Wildman–Crippen MR) is 132 cm³/mol. The molecule has 6 rings (SSSR count). The average Bonchev–Trinajstić information content (AvgIpc) is 3.75. The van der Waals surface area contributed by atoms with E-state index in [1.165, 1.54) is 31.0 Å². The van der Waals surface area contributed by atoms with Crippen LogP contribution in [-0.2, 0) is 0 Å². The number of nitrogens with one attached hydrogen (secondary N) is 1. The van der Waals surface area contributed by atoms with E-state index >= 15 is 0 Å². The van der Waals surface area contributed by atoms with E-state index < -0.39 is 5.97 Å². The Hall–Kier alpha value is -4.64. The first-order chi connectivity index (χ1) is 17.8. The van der Waals surface area contributed by atoms with Crippen molar-refractivity contribution in [2.75, 3.05) is 0 Å². The van der Waals surface area contributed by atoms with Gasteiger partial charge in [0.15, 0.2) is 22.9 Å². The van der Waals surface area contributed by atoms with Gasteiger partial charge in [-0.05, 0) is 49.9 Å². The van der Waals surface area contributed by atoms with E-state index in [1.54, 1.807) is 42.5 Å². The fourth-order valence-corrected chi connectivity index (χ4v) is 2.96. The summed E-state index contributed by atoms with van der Waals surface area (Å²) in [6, 6.07) is 16.9. The molecule has 0 aliphatic heterocycles. The predicted octanol–water partition coefficient (Wildman–Crippen LogP) is 3.79. The maximum atomic E-state index is 11.7. The molecule has 37 heavy (non-hydrogen) atoms. The summed E-state index contributed by atoms with van der Waals surface area (Å²) in [6.45, 7) is 0. The molecule has 2 aromatic carbocycles. The first-order valence-electron chi connectivity index (χ1n) is 11.6. The van der Waals surface area contributed by atoms with Crippen molar-refractivity contribution in [2.24, 2.45) is 5.73 Å². The van der Waals surface area contributed by atoms with E-state index in [9.17, 15) is 19.8 Å². The Balaban J connectivity index is 0.000000152. The Morgan fingerprint density at radius 3 is 1.68 bits per heavy atom. The monoisotopic (exact) mass is 506 g/mol. The van der Waals surface area contributed by atoms with Gasteiger partial charge in [0, 0.05) is 24.2 Å². The van der Waals surface area contributed by atoms with Crippen LogP contribution in [0.1, 0.15) is 46.7 Å². The number of phenols is 2. The van der Waals surface area contributed by atoms with Gasteiger partial charge in [0.2, 0.25) is 0 Å². The van der Waals surface area contributed by atoms with E-state index in [1.807, 2.05) is 0 Å². The van der Waals surface area contributed by atoms with Crippen LogP contribution in [0.25, 0.3) is 22.6 Å². The van der Waals surface area contributed by atoms with Crippen molar-refractivity contribution in [3.63, 3.8) is 0 Å². The molecule has 0 atom stereocenters. The van der Waals surface area contributed by atoms with Gasteiger partial charge >= 0.3 is 5.97 Å². The summed E-state index contributed by atoms with van der Waals surface area (Å²) in [5.41, 5.74) is 6.21. The Morgan fingerprint density at radius 2 is 1.27 bits per heavy atom. The Labute approximate surface area is 211 Å². The van der Waals surface area contributed by atoms with E-state index in [-0.39, 0.29) is 40.6 Å². The van der Waals surface area contributed by atoms with Crippen molar-refractivity contribution >= 4 is 11.9 Å². The number of hydrogen-bond acceptors (Lipinski definition) is 9. The van der Waals surface area contributed by atoms with Crippen LogP contribution < -0.4 is 11.1 Å². The lowest BCUT2D eigenvalue weighted by atomic mass is 10.1. The molecule has 4 aromatic rings. The summed E-state index contributed by atoms with van der Waals surface area (Å²) >= 11 is 0. The third-order valence-electron chi connectivity index (χ3n) is 5.35. The number of carbonyl (C=O) groups excluding carboxylic acids is 1. The molecule has 0 radical (unpaired) electrons. The van der Waals surface area contributed by atoms with Crippen LogP contribution in [0.15, 0.2) is 69.7 Å². The van der Waals surface area contributed by atoms with Crippen molar-refractivity contribution in [1.29, 1.82) is 0 Å². The number of aromatic hydroxyl groups is 2. The maximum Gasteiger partial charge on any atom is 0.358 e. The number of aromatic carboxylic acids is 1.